The van der Waals surface area contributed by atoms with Crippen molar-refractivity contribution in [1.29, 1.82) is 0 Å². The second kappa shape index (κ2) is 16.4. The van der Waals surface area contributed by atoms with E-state index in [2.05, 4.69) is 0 Å². The van der Waals surface area contributed by atoms with Gasteiger partial charge in [-0.3, -0.25) is 33.9 Å². The van der Waals surface area contributed by atoms with E-state index < -0.39 is 0 Å². The van der Waals surface area contributed by atoms with Gasteiger partial charge in [-0.15, -0.1) is 0 Å². The molecule has 0 aliphatic carbocycles. The maximum atomic E-state index is 12.1. The van der Waals surface area contributed by atoms with Crippen molar-refractivity contribution in [3.8, 4) is 0 Å². The van der Waals surface area contributed by atoms with Crippen LogP contribution in [0.3, 0.4) is 0 Å². The van der Waals surface area contributed by atoms with Crippen LogP contribution in [-0.2, 0) is 33.4 Å². The number of hydrogen-bond acceptors (Lipinski definition) is 10. The van der Waals surface area contributed by atoms with Crippen LogP contribution in [0.5, 0.6) is 0 Å². The number of nitrogens with zero attached hydrogens (tertiary/aromatic N) is 4. The van der Waals surface area contributed by atoms with Gasteiger partial charge in [0, 0.05) is 52.4 Å². The fraction of sp³-hybridized carbons (Fsp3) is 0.810. The Morgan fingerprint density at radius 3 is 1.12 bits per heavy atom. The summed E-state index contributed by atoms with van der Waals surface area (Å²) in [6.45, 7) is 10.5. The normalized spacial score (nSPS) is 17.7. The number of carbonyl (C=O) groups excluding carboxylic acids is 4. The summed E-state index contributed by atoms with van der Waals surface area (Å²) >= 11 is 0. The van der Waals surface area contributed by atoms with Gasteiger partial charge >= 0.3 is 17.9 Å². The first-order chi connectivity index (χ1) is 15.4. The zero-order valence-corrected chi connectivity index (χ0v) is 19.6. The minimum atomic E-state index is -0.324. The first-order valence-electron chi connectivity index (χ1n) is 11.2. The van der Waals surface area contributed by atoms with Crippen LogP contribution < -0.4 is 0 Å². The van der Waals surface area contributed by atoms with Crippen molar-refractivity contribution in [2.24, 2.45) is 0 Å². The third-order valence-electron chi connectivity index (χ3n) is 4.99. The van der Waals surface area contributed by atoms with E-state index in [-0.39, 0.29) is 37.5 Å². The first kappa shape index (κ1) is 27.8. The molecule has 0 spiro atoms. The zero-order chi connectivity index (χ0) is 23.8. The smallest absolute Gasteiger partial charge is 0.320 e. The van der Waals surface area contributed by atoms with Gasteiger partial charge < -0.3 is 19.1 Å². The molecule has 1 fully saturated rings. The van der Waals surface area contributed by atoms with Gasteiger partial charge in [0.1, 0.15) is 0 Å². The van der Waals surface area contributed by atoms with E-state index >= 15 is 0 Å². The molecule has 0 N–H and O–H groups in total. The molecule has 1 aliphatic heterocycles. The Labute approximate surface area is 190 Å². The Kier molecular flexibility index (Phi) is 14.2. The fourth-order valence-corrected chi connectivity index (χ4v) is 3.30. The van der Waals surface area contributed by atoms with E-state index in [1.54, 1.807) is 25.7 Å². The summed E-state index contributed by atoms with van der Waals surface area (Å²) in [5.74, 6) is -0.967. The van der Waals surface area contributed by atoms with E-state index in [0.29, 0.717) is 72.2 Å². The van der Waals surface area contributed by atoms with Crippen LogP contribution >= 0.6 is 0 Å². The number of amides is 1. The fourth-order valence-electron chi connectivity index (χ4n) is 3.30. The third-order valence-corrected chi connectivity index (χ3v) is 4.99. The average Bonchev–Trinajstić information content (AvgIpc) is 2.74. The number of esters is 3. The number of hydrogen-bond donors (Lipinski definition) is 0. The first-order valence-corrected chi connectivity index (χ1v) is 11.2. The Morgan fingerprint density at radius 2 is 0.875 bits per heavy atom. The molecule has 0 unspecified atom stereocenters. The predicted octanol–water partition coefficient (Wildman–Crippen LogP) is -0.946. The van der Waals surface area contributed by atoms with Gasteiger partial charge in [0.25, 0.3) is 0 Å². The Hall–Kier alpha value is -2.24. The molecule has 1 amide bonds. The molecule has 1 saturated heterocycles. The van der Waals surface area contributed by atoms with Crippen LogP contribution in [0.2, 0.25) is 0 Å². The van der Waals surface area contributed by atoms with Crippen molar-refractivity contribution in [2.75, 3.05) is 91.8 Å². The van der Waals surface area contributed by atoms with Crippen molar-refractivity contribution in [3.05, 3.63) is 0 Å². The van der Waals surface area contributed by atoms with Gasteiger partial charge in [-0.25, -0.2) is 0 Å². The average molecular weight is 459 g/mol. The molecular formula is C21H38N4O7. The SMILES string of the molecule is CCOC(=O)CN1CCN(C=O)CCN(CC(=O)OCC)CCN(CC(=O)OCC)CC1. The predicted molar refractivity (Wildman–Crippen MR) is 117 cm³/mol. The highest BCUT2D eigenvalue weighted by Gasteiger charge is 2.20. The van der Waals surface area contributed by atoms with Crippen LogP contribution in [0.1, 0.15) is 20.8 Å². The minimum Gasteiger partial charge on any atom is -0.465 e. The summed E-state index contributed by atoms with van der Waals surface area (Å²) in [5.41, 5.74) is 0. The topological polar surface area (TPSA) is 109 Å². The van der Waals surface area contributed by atoms with Gasteiger partial charge in [-0.1, -0.05) is 0 Å². The van der Waals surface area contributed by atoms with E-state index in [9.17, 15) is 19.2 Å². The van der Waals surface area contributed by atoms with Crippen LogP contribution in [0.25, 0.3) is 0 Å². The van der Waals surface area contributed by atoms with E-state index in [1.807, 2.05) is 14.7 Å². The lowest BCUT2D eigenvalue weighted by Crippen LogP contribution is -2.48. The van der Waals surface area contributed by atoms with Gasteiger partial charge in [0.15, 0.2) is 0 Å². The zero-order valence-electron chi connectivity index (χ0n) is 19.6. The lowest BCUT2D eigenvalue weighted by Gasteiger charge is -2.32. The van der Waals surface area contributed by atoms with Crippen molar-refractivity contribution in [2.45, 2.75) is 20.8 Å². The largest absolute Gasteiger partial charge is 0.465 e. The van der Waals surface area contributed by atoms with Crippen molar-refractivity contribution >= 4 is 24.3 Å². The van der Waals surface area contributed by atoms with Gasteiger partial charge in [0.2, 0.25) is 6.41 Å². The molecule has 0 radical (unpaired) electrons. The molecule has 0 bridgehead atoms. The monoisotopic (exact) mass is 458 g/mol. The van der Waals surface area contributed by atoms with Gasteiger partial charge in [-0.2, -0.15) is 0 Å². The molecule has 11 nitrogen and oxygen atoms in total. The lowest BCUT2D eigenvalue weighted by atomic mass is 10.3. The highest BCUT2D eigenvalue weighted by molar-refractivity contribution is 5.72. The molecule has 0 aromatic carbocycles. The van der Waals surface area contributed by atoms with E-state index in [0.717, 1.165) is 6.41 Å². The van der Waals surface area contributed by atoms with E-state index in [1.165, 1.54) is 0 Å². The molecule has 1 aliphatic rings. The summed E-state index contributed by atoms with van der Waals surface area (Å²) in [6.07, 6.45) is 0.782. The number of carbonyl (C=O) groups is 4. The molecule has 0 saturated carbocycles. The molecule has 32 heavy (non-hydrogen) atoms. The number of rotatable bonds is 10. The third kappa shape index (κ3) is 12.0. The Morgan fingerprint density at radius 1 is 0.594 bits per heavy atom. The highest BCUT2D eigenvalue weighted by atomic mass is 16.5. The summed E-state index contributed by atoms with van der Waals surface area (Å²) in [6, 6.07) is 0. The molecular weight excluding hydrogens is 420 g/mol. The Bertz CT molecular complexity index is 554. The molecule has 184 valence electrons. The van der Waals surface area contributed by atoms with Crippen molar-refractivity contribution in [1.82, 2.24) is 19.6 Å². The molecule has 0 atom stereocenters. The quantitative estimate of drug-likeness (QED) is 0.231. The van der Waals surface area contributed by atoms with Crippen LogP contribution in [0, 0.1) is 0 Å². The minimum absolute atomic E-state index is 0.114. The Balaban J connectivity index is 2.90. The lowest BCUT2D eigenvalue weighted by molar-refractivity contribution is -0.146. The summed E-state index contributed by atoms with van der Waals surface area (Å²) in [4.78, 5) is 55.0. The van der Waals surface area contributed by atoms with Crippen molar-refractivity contribution < 1.29 is 33.4 Å². The molecule has 0 aromatic heterocycles. The van der Waals surface area contributed by atoms with Crippen LogP contribution in [0.15, 0.2) is 0 Å². The maximum absolute atomic E-state index is 12.1. The van der Waals surface area contributed by atoms with Crippen molar-refractivity contribution in [3.63, 3.8) is 0 Å². The highest BCUT2D eigenvalue weighted by Crippen LogP contribution is 2.02. The molecule has 1 heterocycles. The second-order valence-electron chi connectivity index (χ2n) is 7.38. The summed E-state index contributed by atoms with van der Waals surface area (Å²) in [5, 5.41) is 0. The summed E-state index contributed by atoms with van der Waals surface area (Å²) < 4.78 is 15.2. The number of ether oxygens (including phenoxy) is 3. The maximum Gasteiger partial charge on any atom is 0.320 e. The van der Waals surface area contributed by atoms with Gasteiger partial charge in [-0.05, 0) is 20.8 Å². The standard InChI is InChI=1S/C21H38N4O7/c1-4-30-19(27)15-22-7-9-23(16-20(28)31-5-2)11-13-25(18-26)14-12-24(10-8-22)17-21(29)32-6-3/h18H,4-17H2,1-3H3. The molecule has 1 rings (SSSR count). The molecule has 0 aromatic rings. The second-order valence-corrected chi connectivity index (χ2v) is 7.38. The van der Waals surface area contributed by atoms with E-state index in [4.69, 9.17) is 14.2 Å². The van der Waals surface area contributed by atoms with Gasteiger partial charge in [0.05, 0.1) is 39.5 Å². The summed E-state index contributed by atoms with van der Waals surface area (Å²) in [7, 11) is 0. The molecule has 11 heteroatoms. The van der Waals surface area contributed by atoms with Crippen LogP contribution in [0.4, 0.5) is 0 Å². The van der Waals surface area contributed by atoms with Crippen LogP contribution in [-0.4, -0.2) is 136 Å².